The van der Waals surface area contributed by atoms with E-state index >= 15 is 0 Å². The van der Waals surface area contributed by atoms with Gasteiger partial charge >= 0.3 is 0 Å². The van der Waals surface area contributed by atoms with Crippen LogP contribution in [-0.4, -0.2) is 14.8 Å². The summed E-state index contributed by atoms with van der Waals surface area (Å²) in [7, 11) is 0. The summed E-state index contributed by atoms with van der Waals surface area (Å²) >= 11 is 1.90. The number of nitrogens with zero attached hydrogens (tertiary/aromatic N) is 3. The Morgan fingerprint density at radius 1 is 0.486 bits per heavy atom. The summed E-state index contributed by atoms with van der Waals surface area (Å²) in [6.45, 7) is 7.51. The Kier molecular flexibility index (Phi) is 8.84. The highest BCUT2D eigenvalue weighted by atomic mass is 32.1. The van der Waals surface area contributed by atoms with Crippen LogP contribution in [0.5, 0.6) is 0 Å². The summed E-state index contributed by atoms with van der Waals surface area (Å²) in [5, 5.41) is 17.1. The zero-order valence-electron chi connectivity index (χ0n) is 40.5. The summed E-state index contributed by atoms with van der Waals surface area (Å²) in [6.07, 6.45) is 2.69. The Morgan fingerprint density at radius 2 is 1.12 bits per heavy atom. The molecule has 0 amide bonds. The van der Waals surface area contributed by atoms with Gasteiger partial charge in [-0.3, -0.25) is 4.99 Å². The molecule has 0 radical (unpaired) electrons. The molecule has 11 aromatic carbocycles. The second-order valence-electron chi connectivity index (χ2n) is 20.2. The first-order chi connectivity index (χ1) is 36.5. The fraction of sp³-hybridized carbons (Fsp3) is 0.0580. The second-order valence-corrected chi connectivity index (χ2v) is 21.3. The lowest BCUT2D eigenvalue weighted by Crippen LogP contribution is -2.21. The van der Waals surface area contributed by atoms with Crippen molar-refractivity contribution in [1.82, 2.24) is 9.13 Å². The molecule has 0 bridgehead atoms. The second kappa shape index (κ2) is 15.7. The monoisotopic (exact) mass is 963 g/mol. The van der Waals surface area contributed by atoms with E-state index in [1.54, 1.807) is 0 Å². The molecule has 1 aliphatic heterocycles. The van der Waals surface area contributed by atoms with E-state index in [-0.39, 0.29) is 5.92 Å². The van der Waals surface area contributed by atoms with Crippen LogP contribution >= 0.6 is 11.3 Å². The predicted octanol–water partition coefficient (Wildman–Crippen LogP) is 19.3. The van der Waals surface area contributed by atoms with Gasteiger partial charge < -0.3 is 13.6 Å². The first-order valence-electron chi connectivity index (χ1n) is 25.6. The summed E-state index contributed by atoms with van der Waals surface area (Å²) in [4.78, 5) is 6.26. The molecule has 2 unspecified atom stereocenters. The number of rotatable bonds is 4. The fourth-order valence-electron chi connectivity index (χ4n) is 12.8. The third-order valence-corrected chi connectivity index (χ3v) is 17.3. The lowest BCUT2D eigenvalue weighted by molar-refractivity contribution is 0.640. The van der Waals surface area contributed by atoms with Gasteiger partial charge in [-0.2, -0.15) is 0 Å². The van der Waals surface area contributed by atoms with Crippen molar-refractivity contribution >= 4 is 141 Å². The largest absolute Gasteiger partial charge is 0.456 e. The van der Waals surface area contributed by atoms with Gasteiger partial charge in [0, 0.05) is 75.4 Å². The molecule has 0 fully saturated rings. The third kappa shape index (κ3) is 5.93. The van der Waals surface area contributed by atoms with Crippen molar-refractivity contribution in [2.24, 2.45) is 10.9 Å². The van der Waals surface area contributed by atoms with E-state index in [2.05, 4.69) is 228 Å². The van der Waals surface area contributed by atoms with Gasteiger partial charge in [-0.25, -0.2) is 0 Å². The molecular formula is C69H45N3OS. The average molecular weight is 964 g/mol. The highest BCUT2D eigenvalue weighted by molar-refractivity contribution is 7.26. The maximum atomic E-state index is 6.53. The quantitative estimate of drug-likeness (QED) is 0.173. The zero-order chi connectivity index (χ0) is 48.8. The van der Waals surface area contributed by atoms with E-state index in [0.29, 0.717) is 0 Å². The minimum atomic E-state index is -0.507. The zero-order valence-corrected chi connectivity index (χ0v) is 41.3. The van der Waals surface area contributed by atoms with Gasteiger partial charge in [0.1, 0.15) is 11.2 Å². The van der Waals surface area contributed by atoms with Crippen LogP contribution in [0, 0.1) is 5.92 Å². The standard InChI is InChI=1S/C69H45N3OS/c1-40-30-33-47(52-25-15-29-62-65(52)53-24-11-14-28-61(53)73-62)41(2)69(72-57-26-12-9-22-50(57)51-23-10-13-27-58(51)72)70-67(40)56-38-46(39-63-66(56)54-34-31-43-17-6-8-21-49(43)68(54)74-63)71-59-35-32-42-16-5-7-20-48(42)64(59)55-36-44-18-3-4-19-45(44)37-60(55)71/h3-29,31-40,69H,2,30H2,1H3. The van der Waals surface area contributed by atoms with Crippen molar-refractivity contribution in [1.29, 1.82) is 0 Å². The van der Waals surface area contributed by atoms with Crippen LogP contribution in [0.15, 0.2) is 240 Å². The Labute approximate surface area is 429 Å². The molecule has 15 aromatic rings. The number of aromatic nitrogens is 2. The normalized spacial score (nSPS) is 15.8. The van der Waals surface area contributed by atoms with Gasteiger partial charge in [0.05, 0.1) is 22.1 Å². The number of aliphatic imine (C=N–C) groups is 1. The lowest BCUT2D eigenvalue weighted by atomic mass is 9.86. The highest BCUT2D eigenvalue weighted by Gasteiger charge is 2.31. The molecule has 0 spiro atoms. The topological polar surface area (TPSA) is 35.4 Å². The van der Waals surface area contributed by atoms with Crippen molar-refractivity contribution in [3.05, 3.63) is 242 Å². The number of allylic oxidation sites excluding steroid dienone is 1. The van der Waals surface area contributed by atoms with Crippen molar-refractivity contribution in [2.45, 2.75) is 19.5 Å². The third-order valence-electron chi connectivity index (χ3n) is 16.1. The van der Waals surface area contributed by atoms with Gasteiger partial charge in [0.25, 0.3) is 0 Å². The number of para-hydroxylation sites is 3. The number of furan rings is 1. The van der Waals surface area contributed by atoms with Crippen molar-refractivity contribution in [3.63, 3.8) is 0 Å². The molecule has 5 heterocycles. The lowest BCUT2D eigenvalue weighted by Gasteiger charge is -2.28. The Bertz CT molecular complexity index is 4940. The van der Waals surface area contributed by atoms with Gasteiger partial charge in [0.2, 0.25) is 0 Å². The van der Waals surface area contributed by atoms with Crippen molar-refractivity contribution < 1.29 is 4.42 Å². The molecule has 0 aliphatic carbocycles. The fourth-order valence-corrected chi connectivity index (χ4v) is 14.1. The van der Waals surface area contributed by atoms with E-state index in [1.807, 2.05) is 17.4 Å². The molecule has 74 heavy (non-hydrogen) atoms. The molecule has 5 heteroatoms. The van der Waals surface area contributed by atoms with Crippen LogP contribution in [-0.2, 0) is 0 Å². The van der Waals surface area contributed by atoms with E-state index < -0.39 is 6.17 Å². The number of fused-ring (bicyclic) bond motifs is 17. The molecule has 348 valence electrons. The van der Waals surface area contributed by atoms with Crippen LogP contribution < -0.4 is 0 Å². The smallest absolute Gasteiger partial charge is 0.151 e. The van der Waals surface area contributed by atoms with E-state index in [9.17, 15) is 0 Å². The van der Waals surface area contributed by atoms with Crippen LogP contribution in [0.25, 0.3) is 129 Å². The van der Waals surface area contributed by atoms with Gasteiger partial charge in [-0.05, 0) is 110 Å². The number of hydrogen-bond acceptors (Lipinski definition) is 3. The van der Waals surface area contributed by atoms with Crippen molar-refractivity contribution in [2.75, 3.05) is 0 Å². The summed E-state index contributed by atoms with van der Waals surface area (Å²) in [5.41, 5.74) is 12.8. The molecule has 4 aromatic heterocycles. The summed E-state index contributed by atoms with van der Waals surface area (Å²) in [6, 6.07) is 77.9. The molecule has 4 nitrogen and oxygen atoms in total. The first kappa shape index (κ1) is 41.6. The molecule has 0 saturated heterocycles. The number of thiophene rings is 1. The molecule has 16 rings (SSSR count). The summed E-state index contributed by atoms with van der Waals surface area (Å²) in [5.74, 6) is 0.00822. The number of hydrogen-bond donors (Lipinski definition) is 0. The van der Waals surface area contributed by atoms with Crippen molar-refractivity contribution in [3.8, 4) is 5.69 Å². The van der Waals surface area contributed by atoms with Crippen LogP contribution in [0.2, 0.25) is 0 Å². The minimum Gasteiger partial charge on any atom is -0.456 e. The Morgan fingerprint density at radius 3 is 1.91 bits per heavy atom. The minimum absolute atomic E-state index is 0.00822. The van der Waals surface area contributed by atoms with Crippen LogP contribution in [0.1, 0.15) is 30.6 Å². The SMILES string of the molecule is C=C1C(c2cccc3oc4ccccc4c23)=CCC(C)C(c2cc(-n3c4cc5ccccc5cc4c4c5ccccc5ccc43)cc3sc4c5ccccc5ccc4c23)=NC1n1c2ccccc2c2ccccc21. The molecule has 0 N–H and O–H groups in total. The van der Waals surface area contributed by atoms with Crippen LogP contribution in [0.4, 0.5) is 0 Å². The Balaban J connectivity index is 1.02. The van der Waals surface area contributed by atoms with Gasteiger partial charge in [-0.15, -0.1) is 11.3 Å². The van der Waals surface area contributed by atoms with Gasteiger partial charge in [-0.1, -0.05) is 177 Å². The van der Waals surface area contributed by atoms with E-state index in [4.69, 9.17) is 16.0 Å². The molecule has 2 atom stereocenters. The molecular weight excluding hydrogens is 919 g/mol. The predicted molar refractivity (Wildman–Crippen MR) is 316 cm³/mol. The number of benzene rings is 11. The molecule has 1 aliphatic rings. The average Bonchev–Trinajstić information content (AvgIpc) is 4.23. The maximum Gasteiger partial charge on any atom is 0.151 e. The van der Waals surface area contributed by atoms with E-state index in [1.165, 1.54) is 85.1 Å². The first-order valence-corrected chi connectivity index (χ1v) is 26.4. The summed E-state index contributed by atoms with van der Waals surface area (Å²) < 4.78 is 14.0. The highest BCUT2D eigenvalue weighted by Crippen LogP contribution is 2.48. The maximum absolute atomic E-state index is 6.53. The van der Waals surface area contributed by atoms with Gasteiger partial charge in [0.15, 0.2) is 6.17 Å². The van der Waals surface area contributed by atoms with Crippen LogP contribution in [0.3, 0.4) is 0 Å². The Hall–Kier alpha value is -9.03. The molecule has 0 saturated carbocycles. The van der Waals surface area contributed by atoms with E-state index in [0.717, 1.165) is 73.1 Å².